The van der Waals surface area contributed by atoms with Gasteiger partial charge in [-0.15, -0.1) is 0 Å². The number of rotatable bonds is 3. The molecule has 17 heavy (non-hydrogen) atoms. The van der Waals surface area contributed by atoms with E-state index in [0.717, 1.165) is 0 Å². The van der Waals surface area contributed by atoms with Crippen LogP contribution in [-0.4, -0.2) is 0 Å². The summed E-state index contributed by atoms with van der Waals surface area (Å²) in [5.74, 6) is 0. The number of benzene rings is 1. The zero-order chi connectivity index (χ0) is 11.5. The molecule has 0 unspecified atom stereocenters. The lowest BCUT2D eigenvalue weighted by molar-refractivity contribution is 1.77. The molecule has 3 aromatic rings. The van der Waals surface area contributed by atoms with Gasteiger partial charge < -0.3 is 0 Å². The fraction of sp³-hybridized carbons (Fsp3) is 0. The van der Waals surface area contributed by atoms with E-state index >= 15 is 0 Å². The maximum absolute atomic E-state index is 2.27. The van der Waals surface area contributed by atoms with E-state index in [2.05, 4.69) is 64.0 Å². The number of hydrogen-bond acceptors (Lipinski definition) is 2. The second kappa shape index (κ2) is 5.14. The van der Waals surface area contributed by atoms with Crippen molar-refractivity contribution in [3.05, 3.63) is 64.0 Å². The fourth-order valence-electron chi connectivity index (χ4n) is 1.79. The topological polar surface area (TPSA) is 0 Å². The molecular formula is C14H11PS2. The van der Waals surface area contributed by atoms with Crippen LogP contribution < -0.4 is 15.9 Å². The first kappa shape index (κ1) is 11.2. The van der Waals surface area contributed by atoms with Crippen LogP contribution in [0, 0.1) is 0 Å². The first-order valence-electron chi connectivity index (χ1n) is 5.35. The Bertz CT molecular complexity index is 521. The second-order valence-corrected chi connectivity index (χ2v) is 7.41. The third-order valence-electron chi connectivity index (χ3n) is 2.54. The summed E-state index contributed by atoms with van der Waals surface area (Å²) in [6, 6.07) is 15.3. The molecule has 1 aromatic carbocycles. The first-order valence-corrected chi connectivity index (χ1v) is 8.57. The van der Waals surface area contributed by atoms with E-state index in [0.29, 0.717) is 0 Å². The van der Waals surface area contributed by atoms with Crippen molar-refractivity contribution in [3.63, 3.8) is 0 Å². The molecule has 0 spiro atoms. The minimum atomic E-state index is -0.351. The zero-order valence-corrected chi connectivity index (χ0v) is 11.6. The van der Waals surface area contributed by atoms with E-state index in [1.54, 1.807) is 22.7 Å². The van der Waals surface area contributed by atoms with E-state index in [9.17, 15) is 0 Å². The summed E-state index contributed by atoms with van der Waals surface area (Å²) in [7, 11) is -0.351. The highest BCUT2D eigenvalue weighted by molar-refractivity contribution is 7.80. The minimum absolute atomic E-state index is 0.351. The lowest BCUT2D eigenvalue weighted by atomic mass is 10.4. The van der Waals surface area contributed by atoms with Gasteiger partial charge in [0.15, 0.2) is 0 Å². The molecule has 2 aromatic heterocycles. The molecule has 0 atom stereocenters. The SMILES string of the molecule is c1ccc(P(c2ccsc2)c2ccsc2)cc1. The monoisotopic (exact) mass is 274 g/mol. The van der Waals surface area contributed by atoms with Crippen LogP contribution in [0.25, 0.3) is 0 Å². The molecule has 0 bridgehead atoms. The molecule has 0 saturated carbocycles. The van der Waals surface area contributed by atoms with Crippen LogP contribution in [0.5, 0.6) is 0 Å². The van der Waals surface area contributed by atoms with Crippen molar-refractivity contribution < 1.29 is 0 Å². The van der Waals surface area contributed by atoms with Gasteiger partial charge in [0.05, 0.1) is 0 Å². The van der Waals surface area contributed by atoms with Gasteiger partial charge in [0, 0.05) is 0 Å². The molecule has 0 radical (unpaired) electrons. The smallest absolute Gasteiger partial charge is 0.000964 e. The van der Waals surface area contributed by atoms with Crippen LogP contribution in [-0.2, 0) is 0 Å². The molecule has 2 heterocycles. The van der Waals surface area contributed by atoms with Crippen LogP contribution >= 0.6 is 30.6 Å². The summed E-state index contributed by atoms with van der Waals surface area (Å²) in [4.78, 5) is 0. The van der Waals surface area contributed by atoms with Crippen LogP contribution in [0.4, 0.5) is 0 Å². The van der Waals surface area contributed by atoms with E-state index in [-0.39, 0.29) is 7.92 Å². The predicted molar refractivity (Wildman–Crippen MR) is 80.9 cm³/mol. The predicted octanol–water partition coefficient (Wildman–Crippen LogP) is 3.57. The average Bonchev–Trinajstić information content (AvgIpc) is 3.04. The van der Waals surface area contributed by atoms with E-state index in [4.69, 9.17) is 0 Å². The van der Waals surface area contributed by atoms with E-state index < -0.39 is 0 Å². The second-order valence-electron chi connectivity index (χ2n) is 3.63. The highest BCUT2D eigenvalue weighted by Gasteiger charge is 2.16. The molecule has 0 aliphatic carbocycles. The Kier molecular flexibility index (Phi) is 3.37. The molecule has 3 heteroatoms. The average molecular weight is 274 g/mol. The standard InChI is InChI=1S/C14H11PS2/c1-2-4-12(5-3-1)15(13-6-8-16-10-13)14-7-9-17-11-14/h1-11H. The third kappa shape index (κ3) is 2.35. The molecule has 0 N–H and O–H groups in total. The molecule has 0 aliphatic heterocycles. The van der Waals surface area contributed by atoms with Gasteiger partial charge in [-0.1, -0.05) is 30.3 Å². The van der Waals surface area contributed by atoms with E-state index in [1.165, 1.54) is 15.9 Å². The highest BCUT2D eigenvalue weighted by atomic mass is 32.1. The van der Waals surface area contributed by atoms with Crippen molar-refractivity contribution >= 4 is 46.5 Å². The third-order valence-corrected chi connectivity index (χ3v) is 6.66. The van der Waals surface area contributed by atoms with Crippen molar-refractivity contribution in [2.24, 2.45) is 0 Å². The quantitative estimate of drug-likeness (QED) is 0.641. The Hall–Kier alpha value is -0.950. The lowest BCUT2D eigenvalue weighted by Crippen LogP contribution is -2.17. The van der Waals surface area contributed by atoms with Gasteiger partial charge >= 0.3 is 0 Å². The molecule has 3 rings (SSSR count). The van der Waals surface area contributed by atoms with Crippen LogP contribution in [0.15, 0.2) is 64.0 Å². The Morgan fingerprint density at radius 3 is 1.71 bits per heavy atom. The minimum Gasteiger partial charge on any atom is -0.152 e. The van der Waals surface area contributed by atoms with Crippen LogP contribution in [0.2, 0.25) is 0 Å². The van der Waals surface area contributed by atoms with Crippen LogP contribution in [0.1, 0.15) is 0 Å². The molecule has 84 valence electrons. The molecule has 0 fully saturated rings. The van der Waals surface area contributed by atoms with Gasteiger partial charge in [-0.2, -0.15) is 22.7 Å². The van der Waals surface area contributed by atoms with E-state index in [1.807, 2.05) is 0 Å². The Labute approximate surface area is 110 Å². The van der Waals surface area contributed by atoms with Crippen LogP contribution in [0.3, 0.4) is 0 Å². The van der Waals surface area contributed by atoms with Crippen molar-refractivity contribution in [2.45, 2.75) is 0 Å². The van der Waals surface area contributed by atoms with Gasteiger partial charge in [-0.25, -0.2) is 0 Å². The Morgan fingerprint density at radius 2 is 1.24 bits per heavy atom. The largest absolute Gasteiger partial charge is 0.152 e. The van der Waals surface area contributed by atoms with Gasteiger partial charge in [-0.3, -0.25) is 0 Å². The first-order chi connectivity index (χ1) is 8.45. The summed E-state index contributed by atoms with van der Waals surface area (Å²) in [5, 5.41) is 13.2. The van der Waals surface area contributed by atoms with Crippen molar-refractivity contribution in [1.29, 1.82) is 0 Å². The summed E-state index contributed by atoms with van der Waals surface area (Å²) >= 11 is 3.56. The molecule has 0 saturated heterocycles. The number of hydrogen-bond donors (Lipinski definition) is 0. The van der Waals surface area contributed by atoms with Crippen molar-refractivity contribution in [3.8, 4) is 0 Å². The van der Waals surface area contributed by atoms with Crippen molar-refractivity contribution in [1.82, 2.24) is 0 Å². The van der Waals surface area contributed by atoms with Gasteiger partial charge in [0.1, 0.15) is 0 Å². The zero-order valence-electron chi connectivity index (χ0n) is 9.11. The summed E-state index contributed by atoms with van der Waals surface area (Å²) in [6.07, 6.45) is 0. The highest BCUT2D eigenvalue weighted by Crippen LogP contribution is 2.34. The lowest BCUT2D eigenvalue weighted by Gasteiger charge is -2.15. The van der Waals surface area contributed by atoms with Gasteiger partial charge in [0.2, 0.25) is 0 Å². The molecule has 0 aliphatic rings. The molecule has 0 nitrogen and oxygen atoms in total. The normalized spacial score (nSPS) is 10.9. The Morgan fingerprint density at radius 1 is 0.647 bits per heavy atom. The maximum Gasteiger partial charge on any atom is -0.000964 e. The van der Waals surface area contributed by atoms with Crippen molar-refractivity contribution in [2.75, 3.05) is 0 Å². The fourth-order valence-corrected chi connectivity index (χ4v) is 6.06. The molecule has 0 amide bonds. The van der Waals surface area contributed by atoms with Gasteiger partial charge in [-0.05, 0) is 57.5 Å². The Balaban J connectivity index is 2.10. The summed E-state index contributed by atoms with van der Waals surface area (Å²) in [5.41, 5.74) is 0. The summed E-state index contributed by atoms with van der Waals surface area (Å²) in [6.45, 7) is 0. The number of thiophene rings is 2. The van der Waals surface area contributed by atoms with Gasteiger partial charge in [0.25, 0.3) is 0 Å². The molecular weight excluding hydrogens is 263 g/mol. The summed E-state index contributed by atoms with van der Waals surface area (Å²) < 4.78 is 0. The maximum atomic E-state index is 2.27.